The number of aliphatic hydroxyl groups is 1. The number of carbonyl (C=O) groups excluding carboxylic acids is 1. The highest BCUT2D eigenvalue weighted by Gasteiger charge is 2.16. The Morgan fingerprint density at radius 2 is 2.00 bits per heavy atom. The molecule has 0 saturated heterocycles. The lowest BCUT2D eigenvalue weighted by atomic mass is 10.2. The first kappa shape index (κ1) is 15.7. The van der Waals surface area contributed by atoms with Gasteiger partial charge in [0.25, 0.3) is 0 Å². The van der Waals surface area contributed by atoms with Crippen LogP contribution in [0.4, 0.5) is 4.79 Å². The molecule has 0 saturated carbocycles. The van der Waals surface area contributed by atoms with Gasteiger partial charge in [-0.25, -0.2) is 4.79 Å². The Balaban J connectivity index is 3.73. The summed E-state index contributed by atoms with van der Waals surface area (Å²) >= 11 is 0. The van der Waals surface area contributed by atoms with Crippen molar-refractivity contribution in [2.45, 2.75) is 46.3 Å². The number of hydrogen-bond acceptors (Lipinski definition) is 5. The van der Waals surface area contributed by atoms with Crippen LogP contribution in [0.3, 0.4) is 0 Å². The van der Waals surface area contributed by atoms with E-state index in [-0.39, 0.29) is 13.2 Å². The van der Waals surface area contributed by atoms with Crippen LogP contribution in [-0.2, 0) is 9.57 Å². The van der Waals surface area contributed by atoms with Crippen molar-refractivity contribution in [2.24, 2.45) is 5.16 Å². The average Bonchev–Trinajstić information content (AvgIpc) is 2.11. The fraction of sp³-hybridized carbons (Fsp3) is 0.818. The molecular weight excluding hydrogens is 224 g/mol. The third kappa shape index (κ3) is 11.0. The standard InChI is InChI=1S/C11H22N2O4/c1-8(2)13-16-7-9(14)6-12-10(15)17-11(3,4)5/h9,14H,6-7H2,1-5H3,(H,12,15). The number of aliphatic hydroxyl groups excluding tert-OH is 1. The second-order valence-corrected chi connectivity index (χ2v) is 4.87. The van der Waals surface area contributed by atoms with Crippen LogP contribution in [0, 0.1) is 0 Å². The molecule has 0 bridgehead atoms. The van der Waals surface area contributed by atoms with E-state index >= 15 is 0 Å². The molecule has 1 atom stereocenters. The summed E-state index contributed by atoms with van der Waals surface area (Å²) in [5.41, 5.74) is 0.215. The van der Waals surface area contributed by atoms with Crippen molar-refractivity contribution in [3.8, 4) is 0 Å². The largest absolute Gasteiger partial charge is 0.444 e. The van der Waals surface area contributed by atoms with Crippen LogP contribution in [0.5, 0.6) is 0 Å². The molecule has 2 N–H and O–H groups in total. The molecule has 1 amide bonds. The molecule has 0 aromatic heterocycles. The number of amides is 1. The molecule has 6 heteroatoms. The fourth-order valence-corrected chi connectivity index (χ4v) is 0.827. The van der Waals surface area contributed by atoms with Crippen molar-refractivity contribution in [2.75, 3.05) is 13.2 Å². The Labute approximate surface area is 102 Å². The Hall–Kier alpha value is -1.30. The molecule has 0 aromatic rings. The highest BCUT2D eigenvalue weighted by Crippen LogP contribution is 2.06. The Bertz CT molecular complexity index is 267. The van der Waals surface area contributed by atoms with Crippen molar-refractivity contribution in [1.82, 2.24) is 5.32 Å². The maximum atomic E-state index is 11.2. The summed E-state index contributed by atoms with van der Waals surface area (Å²) in [6.07, 6.45) is -1.38. The average molecular weight is 246 g/mol. The van der Waals surface area contributed by atoms with Crippen LogP contribution in [0.1, 0.15) is 34.6 Å². The molecule has 0 fully saturated rings. The molecular formula is C11H22N2O4. The minimum atomic E-state index is -0.814. The van der Waals surface area contributed by atoms with Crippen molar-refractivity contribution < 1.29 is 19.5 Å². The second kappa shape index (κ2) is 7.11. The van der Waals surface area contributed by atoms with E-state index in [1.807, 2.05) is 0 Å². The predicted molar refractivity (Wildman–Crippen MR) is 65.0 cm³/mol. The molecule has 0 radical (unpaired) electrons. The number of alkyl carbamates (subject to hydrolysis) is 1. The van der Waals surface area contributed by atoms with Gasteiger partial charge < -0.3 is 20.0 Å². The number of carbonyl (C=O) groups is 1. The van der Waals surface area contributed by atoms with E-state index in [2.05, 4.69) is 10.5 Å². The molecule has 0 aliphatic carbocycles. The van der Waals surface area contributed by atoms with Crippen molar-refractivity contribution in [3.63, 3.8) is 0 Å². The lowest BCUT2D eigenvalue weighted by Gasteiger charge is -2.20. The van der Waals surface area contributed by atoms with Gasteiger partial charge in [-0.05, 0) is 34.6 Å². The van der Waals surface area contributed by atoms with Crippen molar-refractivity contribution >= 4 is 11.8 Å². The van der Waals surface area contributed by atoms with E-state index in [0.717, 1.165) is 5.71 Å². The Morgan fingerprint density at radius 1 is 1.41 bits per heavy atom. The number of nitrogens with zero attached hydrogens (tertiary/aromatic N) is 1. The van der Waals surface area contributed by atoms with E-state index in [4.69, 9.17) is 9.57 Å². The normalized spacial score (nSPS) is 12.6. The van der Waals surface area contributed by atoms with E-state index in [1.54, 1.807) is 34.6 Å². The zero-order chi connectivity index (χ0) is 13.5. The van der Waals surface area contributed by atoms with E-state index < -0.39 is 17.8 Å². The van der Waals surface area contributed by atoms with Crippen molar-refractivity contribution in [3.05, 3.63) is 0 Å². The highest BCUT2D eigenvalue weighted by atomic mass is 16.6. The third-order valence-electron chi connectivity index (χ3n) is 1.39. The zero-order valence-corrected chi connectivity index (χ0v) is 11.1. The van der Waals surface area contributed by atoms with Gasteiger partial charge in [0.2, 0.25) is 0 Å². The van der Waals surface area contributed by atoms with Gasteiger partial charge in [0.1, 0.15) is 18.3 Å². The van der Waals surface area contributed by atoms with E-state index in [0.29, 0.717) is 0 Å². The van der Waals surface area contributed by atoms with Gasteiger partial charge >= 0.3 is 6.09 Å². The van der Waals surface area contributed by atoms with Gasteiger partial charge in [0.15, 0.2) is 0 Å². The van der Waals surface area contributed by atoms with Gasteiger partial charge in [-0.2, -0.15) is 0 Å². The molecule has 0 rings (SSSR count). The molecule has 1 unspecified atom stereocenters. The molecule has 6 nitrogen and oxygen atoms in total. The van der Waals surface area contributed by atoms with E-state index in [9.17, 15) is 9.90 Å². The molecule has 0 aliphatic rings. The number of nitrogens with one attached hydrogen (secondary N) is 1. The quantitative estimate of drug-likeness (QED) is 0.565. The van der Waals surface area contributed by atoms with Crippen LogP contribution in [0.2, 0.25) is 0 Å². The molecule has 0 spiro atoms. The number of ether oxygens (including phenoxy) is 1. The third-order valence-corrected chi connectivity index (χ3v) is 1.39. The van der Waals surface area contributed by atoms with Gasteiger partial charge in [-0.3, -0.25) is 0 Å². The highest BCUT2D eigenvalue weighted by molar-refractivity contribution is 5.78. The predicted octanol–water partition coefficient (Wildman–Crippen LogP) is 1.28. The van der Waals surface area contributed by atoms with Crippen LogP contribution in [-0.4, -0.2) is 41.8 Å². The first-order valence-corrected chi connectivity index (χ1v) is 5.49. The van der Waals surface area contributed by atoms with Gasteiger partial charge in [0, 0.05) is 0 Å². The maximum absolute atomic E-state index is 11.2. The first-order chi connectivity index (χ1) is 7.70. The summed E-state index contributed by atoms with van der Waals surface area (Å²) in [6.45, 7) is 8.96. The second-order valence-electron chi connectivity index (χ2n) is 4.87. The monoisotopic (exact) mass is 246 g/mol. The summed E-state index contributed by atoms with van der Waals surface area (Å²) < 4.78 is 5.00. The van der Waals surface area contributed by atoms with Gasteiger partial charge in [0.05, 0.1) is 12.3 Å². The van der Waals surface area contributed by atoms with Crippen LogP contribution >= 0.6 is 0 Å². The molecule has 100 valence electrons. The summed E-state index contributed by atoms with van der Waals surface area (Å²) in [5, 5.41) is 15.5. The van der Waals surface area contributed by atoms with Crippen molar-refractivity contribution in [1.29, 1.82) is 0 Å². The summed E-state index contributed by atoms with van der Waals surface area (Å²) in [5.74, 6) is 0. The smallest absolute Gasteiger partial charge is 0.407 e. The van der Waals surface area contributed by atoms with Gasteiger partial charge in [-0.1, -0.05) is 5.16 Å². The number of oxime groups is 1. The Kier molecular flexibility index (Phi) is 6.57. The summed E-state index contributed by atoms with van der Waals surface area (Å²) in [4.78, 5) is 16.1. The zero-order valence-electron chi connectivity index (χ0n) is 11.1. The fourth-order valence-electron chi connectivity index (χ4n) is 0.827. The maximum Gasteiger partial charge on any atom is 0.407 e. The van der Waals surface area contributed by atoms with Gasteiger partial charge in [-0.15, -0.1) is 0 Å². The number of hydrogen-bond donors (Lipinski definition) is 2. The van der Waals surface area contributed by atoms with Crippen LogP contribution in [0.15, 0.2) is 5.16 Å². The number of rotatable bonds is 5. The lowest BCUT2D eigenvalue weighted by Crippen LogP contribution is -2.38. The minimum Gasteiger partial charge on any atom is -0.444 e. The summed E-state index contributed by atoms with van der Waals surface area (Å²) in [7, 11) is 0. The van der Waals surface area contributed by atoms with E-state index in [1.165, 1.54) is 0 Å². The summed E-state index contributed by atoms with van der Waals surface area (Å²) in [6, 6.07) is 0. The topological polar surface area (TPSA) is 80.2 Å². The molecule has 0 heterocycles. The minimum absolute atomic E-state index is 0.0287. The molecule has 0 aromatic carbocycles. The lowest BCUT2D eigenvalue weighted by molar-refractivity contribution is 0.0294. The Morgan fingerprint density at radius 3 is 2.47 bits per heavy atom. The van der Waals surface area contributed by atoms with Crippen LogP contribution in [0.25, 0.3) is 0 Å². The first-order valence-electron chi connectivity index (χ1n) is 5.49. The SMILES string of the molecule is CC(C)=NOCC(O)CNC(=O)OC(C)(C)C. The van der Waals surface area contributed by atoms with Crippen LogP contribution < -0.4 is 5.32 Å². The molecule has 17 heavy (non-hydrogen) atoms. The molecule has 0 aliphatic heterocycles.